The van der Waals surface area contributed by atoms with E-state index in [4.69, 9.17) is 4.74 Å². The van der Waals surface area contributed by atoms with Gasteiger partial charge in [0.05, 0.1) is 7.11 Å². The zero-order valence-electron chi connectivity index (χ0n) is 12.6. The van der Waals surface area contributed by atoms with Crippen molar-refractivity contribution in [2.24, 2.45) is 0 Å². The second-order valence-electron chi connectivity index (χ2n) is 5.60. The summed E-state index contributed by atoms with van der Waals surface area (Å²) in [6.07, 6.45) is 1.12. The molecule has 1 N–H and O–H groups in total. The van der Waals surface area contributed by atoms with Gasteiger partial charge in [-0.25, -0.2) is 0 Å². The Morgan fingerprint density at radius 2 is 1.79 bits per heavy atom. The van der Waals surface area contributed by atoms with Crippen molar-refractivity contribution in [2.75, 3.05) is 33.3 Å². The lowest BCUT2D eigenvalue weighted by Gasteiger charge is -2.33. The molecule has 1 unspecified atom stereocenters. The average molecular weight is 262 g/mol. The molecule has 1 atom stereocenters. The molecule has 2 rings (SSSR count). The van der Waals surface area contributed by atoms with Gasteiger partial charge in [0.1, 0.15) is 5.75 Å². The van der Waals surface area contributed by atoms with Gasteiger partial charge in [0.15, 0.2) is 0 Å². The predicted molar refractivity (Wildman–Crippen MR) is 80.1 cm³/mol. The highest BCUT2D eigenvalue weighted by molar-refractivity contribution is 5.43. The molecule has 1 aliphatic rings. The van der Waals surface area contributed by atoms with Crippen LogP contribution < -0.4 is 10.1 Å². The van der Waals surface area contributed by atoms with Crippen LogP contribution in [0.15, 0.2) is 12.1 Å². The van der Waals surface area contributed by atoms with Crippen LogP contribution in [-0.4, -0.2) is 44.2 Å². The molecule has 3 heteroatoms. The Bertz CT molecular complexity index is 402. The van der Waals surface area contributed by atoms with E-state index >= 15 is 0 Å². The maximum atomic E-state index is 5.43. The van der Waals surface area contributed by atoms with Gasteiger partial charge in [0.25, 0.3) is 0 Å². The molecule has 0 radical (unpaired) electrons. The van der Waals surface area contributed by atoms with Crippen molar-refractivity contribution in [3.8, 4) is 5.75 Å². The second-order valence-corrected chi connectivity index (χ2v) is 5.60. The SMILES string of the molecule is COc1c(C)cc(CC(C)N2CCNCC2)cc1C. The van der Waals surface area contributed by atoms with Crippen LogP contribution in [0, 0.1) is 13.8 Å². The third kappa shape index (κ3) is 3.48. The summed E-state index contributed by atoms with van der Waals surface area (Å²) >= 11 is 0. The second kappa shape index (κ2) is 6.40. The predicted octanol–water partition coefficient (Wildman–Crippen LogP) is 2.15. The van der Waals surface area contributed by atoms with E-state index in [2.05, 4.69) is 43.1 Å². The molecule has 0 saturated carbocycles. The first-order valence-corrected chi connectivity index (χ1v) is 7.20. The maximum Gasteiger partial charge on any atom is 0.124 e. The third-order valence-corrected chi connectivity index (χ3v) is 4.03. The quantitative estimate of drug-likeness (QED) is 0.900. The molecule has 106 valence electrons. The molecule has 0 bridgehead atoms. The summed E-state index contributed by atoms with van der Waals surface area (Å²) in [5, 5.41) is 3.41. The molecular formula is C16H26N2O. The Morgan fingerprint density at radius 3 is 2.32 bits per heavy atom. The number of rotatable bonds is 4. The Morgan fingerprint density at radius 1 is 1.21 bits per heavy atom. The van der Waals surface area contributed by atoms with Crippen molar-refractivity contribution in [3.63, 3.8) is 0 Å². The number of nitrogens with zero attached hydrogens (tertiary/aromatic N) is 1. The standard InChI is InChI=1S/C16H26N2O/c1-12-9-15(10-13(2)16(12)19-4)11-14(3)18-7-5-17-6-8-18/h9-10,14,17H,5-8,11H2,1-4H3. The molecule has 0 aromatic heterocycles. The Kier molecular flexibility index (Phi) is 4.83. The summed E-state index contributed by atoms with van der Waals surface area (Å²) in [5.41, 5.74) is 3.90. The van der Waals surface area contributed by atoms with Gasteiger partial charge < -0.3 is 10.1 Å². The van der Waals surface area contributed by atoms with Crippen molar-refractivity contribution in [1.29, 1.82) is 0 Å². The van der Waals surface area contributed by atoms with Gasteiger partial charge in [-0.05, 0) is 43.9 Å². The molecule has 0 aliphatic carbocycles. The van der Waals surface area contributed by atoms with Gasteiger partial charge in [-0.3, -0.25) is 4.90 Å². The average Bonchev–Trinajstić information content (AvgIpc) is 2.39. The molecule has 1 heterocycles. The molecule has 1 aliphatic heterocycles. The molecule has 0 spiro atoms. The number of hydrogen-bond acceptors (Lipinski definition) is 3. The van der Waals surface area contributed by atoms with Crippen molar-refractivity contribution < 1.29 is 4.74 Å². The first-order valence-electron chi connectivity index (χ1n) is 7.20. The fourth-order valence-electron chi connectivity index (χ4n) is 3.07. The van der Waals surface area contributed by atoms with Crippen LogP contribution in [0.1, 0.15) is 23.6 Å². The monoisotopic (exact) mass is 262 g/mol. The van der Waals surface area contributed by atoms with Crippen molar-refractivity contribution in [1.82, 2.24) is 10.2 Å². The maximum absolute atomic E-state index is 5.43. The lowest BCUT2D eigenvalue weighted by molar-refractivity contribution is 0.183. The zero-order chi connectivity index (χ0) is 13.8. The van der Waals surface area contributed by atoms with Crippen molar-refractivity contribution in [2.45, 2.75) is 33.2 Å². The Hall–Kier alpha value is -1.06. The van der Waals surface area contributed by atoms with E-state index < -0.39 is 0 Å². The summed E-state index contributed by atoms with van der Waals surface area (Å²) in [6, 6.07) is 5.14. The zero-order valence-corrected chi connectivity index (χ0v) is 12.6. The largest absolute Gasteiger partial charge is 0.496 e. The molecule has 0 amide bonds. The molecule has 1 fully saturated rings. The fourth-order valence-corrected chi connectivity index (χ4v) is 3.07. The number of piperazine rings is 1. The van der Waals surface area contributed by atoms with Gasteiger partial charge in [0.2, 0.25) is 0 Å². The first-order chi connectivity index (χ1) is 9.11. The highest BCUT2D eigenvalue weighted by Crippen LogP contribution is 2.25. The highest BCUT2D eigenvalue weighted by Gasteiger charge is 2.17. The lowest BCUT2D eigenvalue weighted by atomic mass is 10.00. The van der Waals surface area contributed by atoms with Gasteiger partial charge in [-0.2, -0.15) is 0 Å². The Balaban J connectivity index is 2.06. The first kappa shape index (κ1) is 14.4. The lowest BCUT2D eigenvalue weighted by Crippen LogP contribution is -2.48. The summed E-state index contributed by atoms with van der Waals surface area (Å²) < 4.78 is 5.43. The van der Waals surface area contributed by atoms with Crippen LogP contribution >= 0.6 is 0 Å². The number of methoxy groups -OCH3 is 1. The van der Waals surface area contributed by atoms with E-state index in [-0.39, 0.29) is 0 Å². The topological polar surface area (TPSA) is 24.5 Å². The molecule has 19 heavy (non-hydrogen) atoms. The van der Waals surface area contributed by atoms with Crippen LogP contribution in [0.25, 0.3) is 0 Å². The van der Waals surface area contributed by atoms with Crippen molar-refractivity contribution in [3.05, 3.63) is 28.8 Å². The van der Waals surface area contributed by atoms with Crippen molar-refractivity contribution >= 4 is 0 Å². The normalized spacial score (nSPS) is 18.3. The third-order valence-electron chi connectivity index (χ3n) is 4.03. The summed E-state index contributed by atoms with van der Waals surface area (Å²) in [5.74, 6) is 1.03. The number of nitrogens with one attached hydrogen (secondary N) is 1. The minimum absolute atomic E-state index is 0.606. The number of aryl methyl sites for hydroxylation is 2. The van der Waals surface area contributed by atoms with Gasteiger partial charge in [-0.15, -0.1) is 0 Å². The minimum atomic E-state index is 0.606. The van der Waals surface area contributed by atoms with Gasteiger partial charge >= 0.3 is 0 Å². The van der Waals surface area contributed by atoms with Crippen LogP contribution in [0.5, 0.6) is 5.75 Å². The highest BCUT2D eigenvalue weighted by atomic mass is 16.5. The fraction of sp³-hybridized carbons (Fsp3) is 0.625. The molecule has 1 aromatic carbocycles. The van der Waals surface area contributed by atoms with Gasteiger partial charge in [-0.1, -0.05) is 12.1 Å². The van der Waals surface area contributed by atoms with E-state index in [9.17, 15) is 0 Å². The van der Waals surface area contributed by atoms with E-state index in [0.717, 1.165) is 38.3 Å². The van der Waals surface area contributed by atoms with E-state index in [1.54, 1.807) is 7.11 Å². The number of hydrogen-bond donors (Lipinski definition) is 1. The minimum Gasteiger partial charge on any atom is -0.496 e. The molecule has 1 saturated heterocycles. The number of benzene rings is 1. The summed E-state index contributed by atoms with van der Waals surface area (Å²) in [7, 11) is 1.75. The molecule has 1 aromatic rings. The van der Waals surface area contributed by atoms with Crippen LogP contribution in [0.4, 0.5) is 0 Å². The Labute approximate surface area is 116 Å². The summed E-state index contributed by atoms with van der Waals surface area (Å²) in [6.45, 7) is 11.1. The van der Waals surface area contributed by atoms with Crippen LogP contribution in [0.2, 0.25) is 0 Å². The van der Waals surface area contributed by atoms with E-state index in [0.29, 0.717) is 6.04 Å². The number of ether oxygens (including phenoxy) is 1. The smallest absolute Gasteiger partial charge is 0.124 e. The van der Waals surface area contributed by atoms with Gasteiger partial charge in [0, 0.05) is 32.2 Å². The molecular weight excluding hydrogens is 236 g/mol. The van der Waals surface area contributed by atoms with E-state index in [1.165, 1.54) is 16.7 Å². The van der Waals surface area contributed by atoms with E-state index in [1.807, 2.05) is 0 Å². The van der Waals surface area contributed by atoms with Crippen LogP contribution in [0.3, 0.4) is 0 Å². The molecule has 3 nitrogen and oxygen atoms in total. The van der Waals surface area contributed by atoms with Crippen LogP contribution in [-0.2, 0) is 6.42 Å². The summed E-state index contributed by atoms with van der Waals surface area (Å²) in [4.78, 5) is 2.57.